The van der Waals surface area contributed by atoms with Crippen molar-refractivity contribution in [1.29, 1.82) is 0 Å². The van der Waals surface area contributed by atoms with Crippen molar-refractivity contribution in [3.05, 3.63) is 88.4 Å². The fraction of sp³-hybridized carbons (Fsp3) is 0.394. The summed E-state index contributed by atoms with van der Waals surface area (Å²) in [6.45, 7) is 3.66. The molecule has 3 aromatic carbocycles. The number of hydrogen-bond donors (Lipinski definition) is 1. The second-order valence-electron chi connectivity index (χ2n) is 10.8. The zero-order valence-electron chi connectivity index (χ0n) is 25.0. The number of amides is 2. The van der Waals surface area contributed by atoms with Gasteiger partial charge in [-0.05, 0) is 80.3 Å². The third-order valence-electron chi connectivity index (χ3n) is 7.72. The van der Waals surface area contributed by atoms with Gasteiger partial charge in [0.25, 0.3) is 10.0 Å². The number of carbonyl (C=O) groups excluding carboxylic acids is 2. The molecule has 44 heavy (non-hydrogen) atoms. The second-order valence-corrected chi connectivity index (χ2v) is 13.5. The molecule has 1 atom stereocenters. The highest BCUT2D eigenvalue weighted by molar-refractivity contribution is 7.92. The SMILES string of the molecule is CCOc1ccc(N(CC(=O)N(Cc2ccc(Cl)c(Cl)c2)[C@H](CC)C(=O)NC2CCCCC2)S(=O)(=O)c2ccccc2)cc1. The number of hydrogen-bond acceptors (Lipinski definition) is 5. The minimum atomic E-state index is -4.16. The second kappa shape index (κ2) is 15.6. The van der Waals surface area contributed by atoms with E-state index in [4.69, 9.17) is 27.9 Å². The normalized spacial score (nSPS) is 14.5. The smallest absolute Gasteiger partial charge is 0.264 e. The van der Waals surface area contributed by atoms with Crippen LogP contribution in [0.25, 0.3) is 0 Å². The van der Waals surface area contributed by atoms with Gasteiger partial charge in [-0.2, -0.15) is 0 Å². The van der Waals surface area contributed by atoms with Crippen molar-refractivity contribution in [1.82, 2.24) is 10.2 Å². The molecular formula is C33H39Cl2N3O5S. The zero-order valence-corrected chi connectivity index (χ0v) is 27.4. The van der Waals surface area contributed by atoms with Crippen LogP contribution >= 0.6 is 23.2 Å². The lowest BCUT2D eigenvalue weighted by molar-refractivity contribution is -0.140. The van der Waals surface area contributed by atoms with Crippen molar-refractivity contribution in [3.63, 3.8) is 0 Å². The van der Waals surface area contributed by atoms with E-state index < -0.39 is 28.5 Å². The van der Waals surface area contributed by atoms with E-state index in [0.717, 1.165) is 36.4 Å². The number of rotatable bonds is 13. The number of halogens is 2. The minimum Gasteiger partial charge on any atom is -0.494 e. The summed E-state index contributed by atoms with van der Waals surface area (Å²) in [6, 6.07) is 18.7. The van der Waals surface area contributed by atoms with Gasteiger partial charge in [0.1, 0.15) is 18.3 Å². The van der Waals surface area contributed by atoms with Crippen molar-refractivity contribution < 1.29 is 22.7 Å². The maximum atomic E-state index is 14.3. The summed E-state index contributed by atoms with van der Waals surface area (Å²) in [6.07, 6.45) is 5.35. The lowest BCUT2D eigenvalue weighted by Gasteiger charge is -2.34. The van der Waals surface area contributed by atoms with Crippen LogP contribution in [0.4, 0.5) is 5.69 Å². The number of benzene rings is 3. The third-order valence-corrected chi connectivity index (χ3v) is 10.2. The Balaban J connectivity index is 1.71. The van der Waals surface area contributed by atoms with Crippen LogP contribution < -0.4 is 14.4 Å². The van der Waals surface area contributed by atoms with Gasteiger partial charge < -0.3 is 15.0 Å². The van der Waals surface area contributed by atoms with Crippen molar-refractivity contribution in [2.24, 2.45) is 0 Å². The first-order valence-electron chi connectivity index (χ1n) is 15.0. The minimum absolute atomic E-state index is 0.0365. The molecule has 0 unspecified atom stereocenters. The predicted molar refractivity (Wildman–Crippen MR) is 175 cm³/mol. The lowest BCUT2D eigenvalue weighted by Crippen LogP contribution is -2.54. The van der Waals surface area contributed by atoms with Gasteiger partial charge >= 0.3 is 0 Å². The standard InChI is InChI=1S/C33H39Cl2N3O5S/c1-3-31(33(40)36-25-11-7-5-8-12-25)37(22-24-15-20-29(34)30(35)21-24)32(39)23-38(26-16-18-27(19-17-26)43-4-2)44(41,42)28-13-9-6-10-14-28/h6,9-10,13-21,25,31H,3-5,7-8,11-12,22-23H2,1-2H3,(H,36,40)/t31-/m1/s1. The van der Waals surface area contributed by atoms with Gasteiger partial charge in [-0.25, -0.2) is 8.42 Å². The maximum Gasteiger partial charge on any atom is 0.264 e. The molecule has 1 saturated carbocycles. The summed E-state index contributed by atoms with van der Waals surface area (Å²) in [5.41, 5.74) is 0.954. The number of nitrogens with zero attached hydrogens (tertiary/aromatic N) is 2. The van der Waals surface area contributed by atoms with Crippen LogP contribution in [0.15, 0.2) is 77.7 Å². The molecule has 0 aliphatic heterocycles. The molecular weight excluding hydrogens is 621 g/mol. The van der Waals surface area contributed by atoms with E-state index in [1.165, 1.54) is 17.0 Å². The maximum absolute atomic E-state index is 14.3. The number of sulfonamides is 1. The Morgan fingerprint density at radius 2 is 1.61 bits per heavy atom. The largest absolute Gasteiger partial charge is 0.494 e. The van der Waals surface area contributed by atoms with Crippen LogP contribution in [0.1, 0.15) is 57.9 Å². The summed E-state index contributed by atoms with van der Waals surface area (Å²) >= 11 is 12.4. The summed E-state index contributed by atoms with van der Waals surface area (Å²) in [4.78, 5) is 29.4. The molecule has 4 rings (SSSR count). The highest BCUT2D eigenvalue weighted by Crippen LogP contribution is 2.28. The topological polar surface area (TPSA) is 96.0 Å². The molecule has 3 aromatic rings. The first kappa shape index (κ1) is 33.6. The van der Waals surface area contributed by atoms with E-state index in [1.54, 1.807) is 60.7 Å². The molecule has 236 valence electrons. The molecule has 1 aliphatic carbocycles. The van der Waals surface area contributed by atoms with Gasteiger partial charge in [-0.15, -0.1) is 0 Å². The molecule has 0 spiro atoms. The molecule has 8 nitrogen and oxygen atoms in total. The van der Waals surface area contributed by atoms with E-state index in [-0.39, 0.29) is 23.4 Å². The molecule has 1 fully saturated rings. The van der Waals surface area contributed by atoms with E-state index >= 15 is 0 Å². The molecule has 1 N–H and O–H groups in total. The van der Waals surface area contributed by atoms with Gasteiger partial charge in [-0.1, -0.05) is 73.7 Å². The number of ether oxygens (including phenoxy) is 1. The highest BCUT2D eigenvalue weighted by atomic mass is 35.5. The van der Waals surface area contributed by atoms with Gasteiger partial charge in [0, 0.05) is 12.6 Å². The van der Waals surface area contributed by atoms with Crippen LogP contribution in [0.5, 0.6) is 5.75 Å². The third kappa shape index (κ3) is 8.46. The fourth-order valence-electron chi connectivity index (χ4n) is 5.42. The van der Waals surface area contributed by atoms with Crippen LogP contribution in [0.2, 0.25) is 10.0 Å². The lowest BCUT2D eigenvalue weighted by atomic mass is 9.95. The van der Waals surface area contributed by atoms with Crippen LogP contribution in [0, 0.1) is 0 Å². The van der Waals surface area contributed by atoms with Gasteiger partial charge in [0.05, 0.1) is 27.2 Å². The number of nitrogens with one attached hydrogen (secondary N) is 1. The average molecular weight is 661 g/mol. The Bertz CT molecular complexity index is 1510. The van der Waals surface area contributed by atoms with Gasteiger partial charge in [-0.3, -0.25) is 13.9 Å². The monoisotopic (exact) mass is 659 g/mol. The Labute approximate surface area is 270 Å². The molecule has 0 heterocycles. The van der Waals surface area contributed by atoms with Crippen molar-refractivity contribution >= 4 is 50.7 Å². The van der Waals surface area contributed by atoms with Gasteiger partial charge in [0.2, 0.25) is 11.8 Å². The Hall–Kier alpha value is -3.27. The summed E-state index contributed by atoms with van der Waals surface area (Å²) in [5.74, 6) is -0.215. The molecule has 2 amide bonds. The van der Waals surface area contributed by atoms with E-state index in [2.05, 4.69) is 5.32 Å². The Morgan fingerprint density at radius 3 is 2.23 bits per heavy atom. The zero-order chi connectivity index (χ0) is 31.7. The first-order valence-corrected chi connectivity index (χ1v) is 17.2. The van der Waals surface area contributed by atoms with Crippen LogP contribution in [0.3, 0.4) is 0 Å². The van der Waals surface area contributed by atoms with Crippen molar-refractivity contribution in [2.75, 3.05) is 17.5 Å². The highest BCUT2D eigenvalue weighted by Gasteiger charge is 2.34. The Kier molecular flexibility index (Phi) is 11.9. The molecule has 11 heteroatoms. The molecule has 0 aromatic heterocycles. The summed E-state index contributed by atoms with van der Waals surface area (Å²) in [7, 11) is -4.16. The predicted octanol–water partition coefficient (Wildman–Crippen LogP) is 6.84. The molecule has 0 bridgehead atoms. The average Bonchev–Trinajstić information content (AvgIpc) is 3.03. The summed E-state index contributed by atoms with van der Waals surface area (Å²) in [5, 5.41) is 3.83. The number of carbonyl (C=O) groups is 2. The van der Waals surface area contributed by atoms with Crippen molar-refractivity contribution in [2.45, 2.75) is 75.9 Å². The number of anilines is 1. The van der Waals surface area contributed by atoms with Crippen molar-refractivity contribution in [3.8, 4) is 5.75 Å². The first-order chi connectivity index (χ1) is 21.1. The molecule has 0 radical (unpaired) electrons. The van der Waals surface area contributed by atoms with Gasteiger partial charge in [0.15, 0.2) is 0 Å². The van der Waals surface area contributed by atoms with E-state index in [1.807, 2.05) is 13.8 Å². The van der Waals surface area contributed by atoms with E-state index in [9.17, 15) is 18.0 Å². The molecule has 1 aliphatic rings. The quantitative estimate of drug-likeness (QED) is 0.217. The fourth-order valence-corrected chi connectivity index (χ4v) is 7.18. The van der Waals surface area contributed by atoms with Crippen LogP contribution in [-0.4, -0.2) is 50.4 Å². The summed E-state index contributed by atoms with van der Waals surface area (Å²) < 4.78 is 34.6. The van der Waals surface area contributed by atoms with Crippen LogP contribution in [-0.2, 0) is 26.2 Å². The van der Waals surface area contributed by atoms with E-state index in [0.29, 0.717) is 40.1 Å². The Morgan fingerprint density at radius 1 is 0.932 bits per heavy atom. The molecule has 0 saturated heterocycles.